The van der Waals surface area contributed by atoms with E-state index in [1.807, 2.05) is 0 Å². The Labute approximate surface area is 141 Å². The van der Waals surface area contributed by atoms with E-state index in [1.165, 1.54) is 57.8 Å². The first-order chi connectivity index (χ1) is 11.1. The minimum absolute atomic E-state index is 0.228. The molecule has 140 valence electrons. The second kappa shape index (κ2) is 16.9. The number of unbranched alkanes of at least 4 members (excludes halogenated alkanes) is 10. The number of rotatable bonds is 18. The topological polar surface area (TPSA) is 85.2 Å². The van der Waals surface area contributed by atoms with Gasteiger partial charge in [0.15, 0.2) is 0 Å². The monoisotopic (exact) mass is 354 g/mol. The summed E-state index contributed by atoms with van der Waals surface area (Å²) in [7, 11) is -4.49. The van der Waals surface area contributed by atoms with E-state index in [0.717, 1.165) is 32.5 Å². The summed E-state index contributed by atoms with van der Waals surface area (Å²) in [6.07, 6.45) is 14.1. The maximum Gasteiger partial charge on any atom is 0.496 e. The molecule has 0 aliphatic carbocycles. The molecular weight excluding hydrogens is 319 g/mol. The predicted octanol–water partition coefficient (Wildman–Crippen LogP) is 4.75. The second-order valence-electron chi connectivity index (χ2n) is 5.89. The van der Waals surface area contributed by atoms with E-state index in [9.17, 15) is 4.57 Å². The molecule has 0 aromatic heterocycles. The van der Waals surface area contributed by atoms with Crippen LogP contribution in [0.2, 0.25) is 0 Å². The molecule has 0 unspecified atom stereocenters. The lowest BCUT2D eigenvalue weighted by molar-refractivity contribution is -0.222. The third-order valence-electron chi connectivity index (χ3n) is 3.56. The van der Waals surface area contributed by atoms with E-state index in [4.69, 9.17) is 14.5 Å². The second-order valence-corrected chi connectivity index (χ2v) is 7.02. The Morgan fingerprint density at radius 3 is 1.61 bits per heavy atom. The average Bonchev–Trinajstić information content (AvgIpc) is 2.49. The molecule has 0 spiro atoms. The summed E-state index contributed by atoms with van der Waals surface area (Å²) in [5, 5.41) is 0. The molecule has 0 fully saturated rings. The molecule has 0 saturated heterocycles. The standard InChI is InChI=1S/C16H35O6P/c1-2-3-14-20-15-12-10-8-6-4-5-7-9-11-13-16-21-22-23(17,18)19/h2-16H2,1H3,(H2,17,18,19). The van der Waals surface area contributed by atoms with Gasteiger partial charge >= 0.3 is 7.82 Å². The molecule has 0 amide bonds. The predicted molar refractivity (Wildman–Crippen MR) is 91.0 cm³/mol. The Bertz CT molecular complexity index is 282. The highest BCUT2D eigenvalue weighted by Crippen LogP contribution is 2.35. The van der Waals surface area contributed by atoms with Crippen molar-refractivity contribution in [3.05, 3.63) is 0 Å². The van der Waals surface area contributed by atoms with E-state index in [2.05, 4.69) is 16.5 Å². The fourth-order valence-electron chi connectivity index (χ4n) is 2.23. The first kappa shape index (κ1) is 23.0. The Hall–Kier alpha value is 0.0300. The first-order valence-corrected chi connectivity index (χ1v) is 10.5. The summed E-state index contributed by atoms with van der Waals surface area (Å²) in [5.41, 5.74) is 0. The third kappa shape index (κ3) is 22.0. The van der Waals surface area contributed by atoms with E-state index in [-0.39, 0.29) is 6.61 Å². The number of phosphoric acid groups is 1. The molecule has 0 atom stereocenters. The molecule has 0 rings (SSSR count). The van der Waals surface area contributed by atoms with Crippen molar-refractivity contribution in [2.45, 2.75) is 84.0 Å². The van der Waals surface area contributed by atoms with E-state index in [1.54, 1.807) is 0 Å². The normalized spacial score (nSPS) is 12.0. The van der Waals surface area contributed by atoms with Crippen molar-refractivity contribution in [1.29, 1.82) is 0 Å². The van der Waals surface area contributed by atoms with Gasteiger partial charge in [0.05, 0.1) is 6.61 Å². The number of hydrogen-bond acceptors (Lipinski definition) is 4. The van der Waals surface area contributed by atoms with Crippen LogP contribution in [-0.4, -0.2) is 29.6 Å². The molecule has 0 aromatic rings. The van der Waals surface area contributed by atoms with Crippen LogP contribution in [0.3, 0.4) is 0 Å². The zero-order valence-corrected chi connectivity index (χ0v) is 15.5. The molecule has 0 aliphatic rings. The molecule has 6 nitrogen and oxygen atoms in total. The summed E-state index contributed by atoms with van der Waals surface area (Å²) in [4.78, 5) is 21.2. The first-order valence-electron chi connectivity index (χ1n) is 9.00. The minimum atomic E-state index is -4.49. The molecule has 0 radical (unpaired) electrons. The van der Waals surface area contributed by atoms with Crippen LogP contribution in [-0.2, 0) is 18.9 Å². The van der Waals surface area contributed by atoms with Gasteiger partial charge in [-0.2, -0.15) is 0 Å². The fraction of sp³-hybridized carbons (Fsp3) is 1.00. The van der Waals surface area contributed by atoms with Gasteiger partial charge in [-0.3, -0.25) is 0 Å². The number of ether oxygens (including phenoxy) is 1. The zero-order valence-electron chi connectivity index (χ0n) is 14.6. The van der Waals surface area contributed by atoms with Crippen LogP contribution >= 0.6 is 7.82 Å². The van der Waals surface area contributed by atoms with E-state index in [0.29, 0.717) is 0 Å². The largest absolute Gasteiger partial charge is 0.496 e. The Kier molecular flexibility index (Phi) is 16.9. The maximum atomic E-state index is 10.3. The van der Waals surface area contributed by atoms with Gasteiger partial charge in [0.2, 0.25) is 0 Å². The molecule has 23 heavy (non-hydrogen) atoms. The highest BCUT2D eigenvalue weighted by atomic mass is 31.2. The third-order valence-corrected chi connectivity index (χ3v) is 3.86. The summed E-state index contributed by atoms with van der Waals surface area (Å²) < 4.78 is 19.8. The molecule has 0 heterocycles. The Balaban J connectivity index is 3.01. The van der Waals surface area contributed by atoms with E-state index >= 15 is 0 Å². The maximum absolute atomic E-state index is 10.3. The quantitative estimate of drug-likeness (QED) is 0.160. The lowest BCUT2D eigenvalue weighted by atomic mass is 10.1. The van der Waals surface area contributed by atoms with Gasteiger partial charge in [-0.1, -0.05) is 64.7 Å². The van der Waals surface area contributed by atoms with Gasteiger partial charge in [-0.25, -0.2) is 9.45 Å². The summed E-state index contributed by atoms with van der Waals surface area (Å²) in [5.74, 6) is 0. The van der Waals surface area contributed by atoms with Gasteiger partial charge < -0.3 is 14.5 Å². The highest BCUT2D eigenvalue weighted by molar-refractivity contribution is 7.46. The minimum Gasteiger partial charge on any atom is -0.381 e. The smallest absolute Gasteiger partial charge is 0.381 e. The lowest BCUT2D eigenvalue weighted by Gasteiger charge is -2.05. The van der Waals surface area contributed by atoms with Gasteiger partial charge in [-0.05, 0) is 19.3 Å². The number of hydrogen-bond donors (Lipinski definition) is 2. The van der Waals surface area contributed by atoms with Gasteiger partial charge in [-0.15, -0.1) is 4.67 Å². The van der Waals surface area contributed by atoms with Crippen LogP contribution in [0, 0.1) is 0 Å². The molecule has 7 heteroatoms. The lowest BCUT2D eigenvalue weighted by Crippen LogP contribution is -1.96. The summed E-state index contributed by atoms with van der Waals surface area (Å²) >= 11 is 0. The Morgan fingerprint density at radius 2 is 1.13 bits per heavy atom. The van der Waals surface area contributed by atoms with Crippen molar-refractivity contribution in [3.63, 3.8) is 0 Å². The molecule has 2 N–H and O–H groups in total. The summed E-state index contributed by atoms with van der Waals surface area (Å²) in [6, 6.07) is 0. The van der Waals surface area contributed by atoms with Crippen LogP contribution in [0.4, 0.5) is 0 Å². The van der Waals surface area contributed by atoms with E-state index < -0.39 is 7.82 Å². The van der Waals surface area contributed by atoms with Crippen LogP contribution in [0.25, 0.3) is 0 Å². The highest BCUT2D eigenvalue weighted by Gasteiger charge is 2.14. The molecule has 0 aliphatic heterocycles. The van der Waals surface area contributed by atoms with Gasteiger partial charge in [0.25, 0.3) is 0 Å². The SMILES string of the molecule is CCCCOCCCCCCCCCCCCOOP(=O)(O)O. The van der Waals surface area contributed by atoms with Crippen molar-refractivity contribution in [2.75, 3.05) is 19.8 Å². The molecular formula is C16H35O6P. The van der Waals surface area contributed by atoms with Gasteiger partial charge in [0, 0.05) is 13.2 Å². The zero-order chi connectivity index (χ0) is 17.2. The van der Waals surface area contributed by atoms with Crippen molar-refractivity contribution in [3.8, 4) is 0 Å². The fourth-order valence-corrected chi connectivity index (χ4v) is 2.45. The Morgan fingerprint density at radius 1 is 0.696 bits per heavy atom. The average molecular weight is 354 g/mol. The van der Waals surface area contributed by atoms with Crippen LogP contribution < -0.4 is 0 Å². The van der Waals surface area contributed by atoms with Crippen molar-refractivity contribution in [2.24, 2.45) is 0 Å². The van der Waals surface area contributed by atoms with Crippen molar-refractivity contribution >= 4 is 7.82 Å². The van der Waals surface area contributed by atoms with Crippen molar-refractivity contribution < 1.29 is 28.7 Å². The van der Waals surface area contributed by atoms with Crippen LogP contribution in [0.5, 0.6) is 0 Å². The van der Waals surface area contributed by atoms with Crippen molar-refractivity contribution in [1.82, 2.24) is 0 Å². The summed E-state index contributed by atoms with van der Waals surface area (Å²) in [6.45, 7) is 4.23. The van der Waals surface area contributed by atoms with Crippen LogP contribution in [0.1, 0.15) is 84.0 Å². The molecule has 0 bridgehead atoms. The molecule has 0 saturated carbocycles. The van der Waals surface area contributed by atoms with Crippen LogP contribution in [0.15, 0.2) is 0 Å². The van der Waals surface area contributed by atoms with Gasteiger partial charge in [0.1, 0.15) is 0 Å². The molecule has 0 aromatic carbocycles.